The van der Waals surface area contributed by atoms with Gasteiger partial charge in [-0.25, -0.2) is 9.59 Å². The maximum atomic E-state index is 9.10. The van der Waals surface area contributed by atoms with Crippen molar-refractivity contribution in [3.8, 4) is 0 Å². The maximum Gasteiger partial charge on any atom is 0.414 e. The molecule has 0 atom stereocenters. The average molecular weight is 198 g/mol. The van der Waals surface area contributed by atoms with Gasteiger partial charge in [-0.15, -0.1) is 0 Å². The number of nitrogens with two attached hydrogens (primary N) is 1. The van der Waals surface area contributed by atoms with Crippen molar-refractivity contribution in [3.63, 3.8) is 0 Å². The molecule has 0 aromatic heterocycles. The molecule has 0 bridgehead atoms. The number of rotatable bonds is 1. The Morgan fingerprint density at radius 3 is 1.71 bits per heavy atom. The molecule has 0 heterocycles. The second-order valence-corrected chi connectivity index (χ2v) is 2.12. The number of carbonyl (C=O) groups is 2. The first kappa shape index (κ1) is 11.9. The minimum atomic E-state index is -1.82. The molecule has 0 saturated carbocycles. The minimum absolute atomic E-state index is 0.938. The third kappa shape index (κ3) is 5.56. The monoisotopic (exact) mass is 198 g/mol. The van der Waals surface area contributed by atoms with Crippen molar-refractivity contribution in [2.24, 2.45) is 5.84 Å². The van der Waals surface area contributed by atoms with Crippen LogP contribution < -0.4 is 11.3 Å². The van der Waals surface area contributed by atoms with Gasteiger partial charge >= 0.3 is 11.9 Å². The number of para-hydroxylation sites is 1. The number of aliphatic carboxylic acids is 2. The van der Waals surface area contributed by atoms with Gasteiger partial charge in [-0.05, 0) is 12.1 Å². The van der Waals surface area contributed by atoms with E-state index in [4.69, 9.17) is 25.6 Å². The Kier molecular flexibility index (Phi) is 5.48. The maximum absolute atomic E-state index is 9.10. The third-order valence-corrected chi connectivity index (χ3v) is 1.12. The van der Waals surface area contributed by atoms with Crippen LogP contribution in [0.3, 0.4) is 0 Å². The molecule has 0 aliphatic rings. The number of carboxylic acid groups (broad SMARTS) is 2. The number of nitrogens with one attached hydrogen (secondary N) is 1. The lowest BCUT2D eigenvalue weighted by molar-refractivity contribution is -0.159. The second-order valence-electron chi connectivity index (χ2n) is 2.12. The van der Waals surface area contributed by atoms with Gasteiger partial charge in [0.2, 0.25) is 0 Å². The van der Waals surface area contributed by atoms with E-state index in [0.717, 1.165) is 5.69 Å². The summed E-state index contributed by atoms with van der Waals surface area (Å²) in [5.74, 6) is 1.45. The molecule has 6 nitrogen and oxygen atoms in total. The van der Waals surface area contributed by atoms with Crippen LogP contribution in [-0.4, -0.2) is 22.2 Å². The highest BCUT2D eigenvalue weighted by Gasteiger charge is 2.04. The number of hydrogen-bond donors (Lipinski definition) is 4. The molecule has 0 aliphatic heterocycles. The quantitative estimate of drug-likeness (QED) is 0.290. The Morgan fingerprint density at radius 2 is 1.50 bits per heavy atom. The average Bonchev–Trinajstić information content (AvgIpc) is 2.20. The van der Waals surface area contributed by atoms with Crippen molar-refractivity contribution < 1.29 is 19.8 Å². The molecule has 0 radical (unpaired) electrons. The van der Waals surface area contributed by atoms with Crippen molar-refractivity contribution in [3.05, 3.63) is 30.3 Å². The van der Waals surface area contributed by atoms with E-state index in [9.17, 15) is 0 Å². The number of benzene rings is 1. The van der Waals surface area contributed by atoms with E-state index < -0.39 is 11.9 Å². The SMILES string of the molecule is NNc1ccccc1.O=C(O)C(=O)O. The molecule has 76 valence electrons. The Labute approximate surface area is 79.9 Å². The zero-order valence-corrected chi connectivity index (χ0v) is 7.18. The molecular weight excluding hydrogens is 188 g/mol. The lowest BCUT2D eigenvalue weighted by Crippen LogP contribution is -2.09. The van der Waals surface area contributed by atoms with Crippen LogP contribution in [0.25, 0.3) is 0 Å². The van der Waals surface area contributed by atoms with E-state index in [-0.39, 0.29) is 0 Å². The molecule has 0 fully saturated rings. The van der Waals surface area contributed by atoms with Crippen molar-refractivity contribution in [1.29, 1.82) is 0 Å². The lowest BCUT2D eigenvalue weighted by Gasteiger charge is -1.94. The van der Waals surface area contributed by atoms with Crippen LogP contribution in [0.2, 0.25) is 0 Å². The van der Waals surface area contributed by atoms with Crippen LogP contribution in [0.4, 0.5) is 5.69 Å². The molecule has 0 spiro atoms. The molecule has 5 N–H and O–H groups in total. The highest BCUT2D eigenvalue weighted by Crippen LogP contribution is 2.00. The van der Waals surface area contributed by atoms with Gasteiger partial charge in [0, 0.05) is 5.69 Å². The standard InChI is InChI=1S/C6H8N2.C2H2O4/c7-8-6-4-2-1-3-5-6;3-1(4)2(5)6/h1-5,8H,7H2;(H,3,4)(H,5,6). The van der Waals surface area contributed by atoms with E-state index in [1.807, 2.05) is 30.3 Å². The minimum Gasteiger partial charge on any atom is -0.473 e. The van der Waals surface area contributed by atoms with E-state index in [0.29, 0.717) is 0 Å². The van der Waals surface area contributed by atoms with Crippen LogP contribution in [-0.2, 0) is 9.59 Å². The summed E-state index contributed by atoms with van der Waals surface area (Å²) >= 11 is 0. The summed E-state index contributed by atoms with van der Waals surface area (Å²) in [5.41, 5.74) is 3.46. The van der Waals surface area contributed by atoms with Gasteiger partial charge < -0.3 is 15.6 Å². The number of hydrazine groups is 1. The van der Waals surface area contributed by atoms with Crippen LogP contribution in [0.5, 0.6) is 0 Å². The van der Waals surface area contributed by atoms with E-state index in [1.54, 1.807) is 0 Å². The van der Waals surface area contributed by atoms with Gasteiger partial charge in [-0.1, -0.05) is 18.2 Å². The highest BCUT2D eigenvalue weighted by atomic mass is 16.4. The Morgan fingerprint density at radius 1 is 1.07 bits per heavy atom. The van der Waals surface area contributed by atoms with Crippen molar-refractivity contribution >= 4 is 17.6 Å². The largest absolute Gasteiger partial charge is 0.473 e. The highest BCUT2D eigenvalue weighted by molar-refractivity contribution is 6.27. The molecule has 1 aromatic rings. The fourth-order valence-electron chi connectivity index (χ4n) is 0.534. The Hall–Kier alpha value is -2.08. The summed E-state index contributed by atoms with van der Waals surface area (Å²) < 4.78 is 0. The third-order valence-electron chi connectivity index (χ3n) is 1.12. The number of carboxylic acids is 2. The molecule has 0 unspecified atom stereocenters. The van der Waals surface area contributed by atoms with E-state index in [2.05, 4.69) is 5.43 Å². The van der Waals surface area contributed by atoms with Crippen molar-refractivity contribution in [1.82, 2.24) is 0 Å². The summed E-state index contributed by atoms with van der Waals surface area (Å²) in [6.07, 6.45) is 0. The molecule has 0 amide bonds. The van der Waals surface area contributed by atoms with Crippen LogP contribution in [0.15, 0.2) is 30.3 Å². The second kappa shape index (κ2) is 6.44. The van der Waals surface area contributed by atoms with Gasteiger partial charge in [0.25, 0.3) is 0 Å². The first-order valence-corrected chi connectivity index (χ1v) is 3.55. The zero-order valence-electron chi connectivity index (χ0n) is 7.18. The van der Waals surface area contributed by atoms with Crippen LogP contribution in [0.1, 0.15) is 0 Å². The predicted octanol–water partition coefficient (Wildman–Crippen LogP) is 0.128. The number of nitrogen functional groups attached to an aromatic ring is 1. The summed E-state index contributed by atoms with van der Waals surface area (Å²) in [6.45, 7) is 0. The predicted molar refractivity (Wildman–Crippen MR) is 49.5 cm³/mol. The van der Waals surface area contributed by atoms with Gasteiger partial charge in [0.05, 0.1) is 0 Å². The smallest absolute Gasteiger partial charge is 0.414 e. The molecule has 0 saturated heterocycles. The number of hydrogen-bond acceptors (Lipinski definition) is 4. The zero-order chi connectivity index (χ0) is 11.0. The molecule has 0 aliphatic carbocycles. The normalized spacial score (nSPS) is 8.07. The van der Waals surface area contributed by atoms with Crippen LogP contribution in [0, 0.1) is 0 Å². The molecule has 14 heavy (non-hydrogen) atoms. The summed E-state index contributed by atoms with van der Waals surface area (Å²) in [6, 6.07) is 9.60. The first-order valence-electron chi connectivity index (χ1n) is 3.55. The molecular formula is C8H10N2O4. The molecule has 1 rings (SSSR count). The fraction of sp³-hybridized carbons (Fsp3) is 0. The Bertz CT molecular complexity index is 287. The molecule has 6 heteroatoms. The number of anilines is 1. The van der Waals surface area contributed by atoms with Gasteiger partial charge in [-0.2, -0.15) is 0 Å². The lowest BCUT2D eigenvalue weighted by atomic mass is 10.3. The molecule has 1 aromatic carbocycles. The van der Waals surface area contributed by atoms with Crippen LogP contribution >= 0.6 is 0 Å². The van der Waals surface area contributed by atoms with Crippen molar-refractivity contribution in [2.75, 3.05) is 5.43 Å². The van der Waals surface area contributed by atoms with Gasteiger partial charge in [0.1, 0.15) is 0 Å². The van der Waals surface area contributed by atoms with Crippen molar-refractivity contribution in [2.45, 2.75) is 0 Å². The van der Waals surface area contributed by atoms with Gasteiger partial charge in [-0.3, -0.25) is 5.84 Å². The fourth-order valence-corrected chi connectivity index (χ4v) is 0.534. The summed E-state index contributed by atoms with van der Waals surface area (Å²) in [7, 11) is 0. The Balaban J connectivity index is 0.000000255. The summed E-state index contributed by atoms with van der Waals surface area (Å²) in [5, 5.41) is 14.8. The topological polar surface area (TPSA) is 113 Å². The van der Waals surface area contributed by atoms with E-state index in [1.165, 1.54) is 0 Å². The first-order chi connectivity index (χ1) is 6.57. The summed E-state index contributed by atoms with van der Waals surface area (Å²) in [4.78, 5) is 18.2. The van der Waals surface area contributed by atoms with Gasteiger partial charge in [0.15, 0.2) is 0 Å². The van der Waals surface area contributed by atoms with E-state index >= 15 is 0 Å².